The van der Waals surface area contributed by atoms with E-state index in [1.54, 1.807) is 6.20 Å². The number of nitrogens with one attached hydrogen (secondary N) is 2. The SMILES string of the molecule is O=C(Nc1cnc2ccccc2c1Cl)c1ccc(NCC2CCCCC2)cc1. The van der Waals surface area contributed by atoms with Gasteiger partial charge in [0, 0.05) is 23.2 Å². The Morgan fingerprint density at radius 2 is 1.79 bits per heavy atom. The lowest BCUT2D eigenvalue weighted by Gasteiger charge is -2.22. The van der Waals surface area contributed by atoms with Crippen molar-refractivity contribution in [3.05, 3.63) is 65.3 Å². The van der Waals surface area contributed by atoms with Gasteiger partial charge < -0.3 is 10.6 Å². The van der Waals surface area contributed by atoms with Gasteiger partial charge in [0.2, 0.25) is 0 Å². The summed E-state index contributed by atoms with van der Waals surface area (Å²) in [5.41, 5.74) is 2.96. The van der Waals surface area contributed by atoms with Crippen LogP contribution >= 0.6 is 11.6 Å². The van der Waals surface area contributed by atoms with E-state index in [1.165, 1.54) is 32.1 Å². The first-order valence-corrected chi connectivity index (χ1v) is 10.3. The van der Waals surface area contributed by atoms with Crippen LogP contribution in [0, 0.1) is 5.92 Å². The van der Waals surface area contributed by atoms with Gasteiger partial charge >= 0.3 is 0 Å². The third-order valence-corrected chi connectivity index (χ3v) is 5.83. The van der Waals surface area contributed by atoms with E-state index in [4.69, 9.17) is 11.6 Å². The zero-order valence-electron chi connectivity index (χ0n) is 15.7. The molecule has 2 N–H and O–H groups in total. The van der Waals surface area contributed by atoms with Crippen LogP contribution in [0.4, 0.5) is 11.4 Å². The average Bonchev–Trinajstić information content (AvgIpc) is 2.75. The number of carbonyl (C=O) groups is 1. The predicted octanol–water partition coefficient (Wildman–Crippen LogP) is 6.13. The molecule has 1 amide bonds. The fourth-order valence-electron chi connectivity index (χ4n) is 3.78. The molecule has 0 spiro atoms. The zero-order chi connectivity index (χ0) is 19.3. The van der Waals surface area contributed by atoms with Crippen LogP contribution in [0.2, 0.25) is 5.02 Å². The summed E-state index contributed by atoms with van der Waals surface area (Å²) >= 11 is 6.45. The van der Waals surface area contributed by atoms with E-state index >= 15 is 0 Å². The maximum Gasteiger partial charge on any atom is 0.255 e. The van der Waals surface area contributed by atoms with Crippen molar-refractivity contribution < 1.29 is 4.79 Å². The number of nitrogens with zero attached hydrogens (tertiary/aromatic N) is 1. The fraction of sp³-hybridized carbons (Fsp3) is 0.304. The zero-order valence-corrected chi connectivity index (χ0v) is 16.5. The predicted molar refractivity (Wildman–Crippen MR) is 116 cm³/mol. The van der Waals surface area contributed by atoms with E-state index in [-0.39, 0.29) is 5.91 Å². The van der Waals surface area contributed by atoms with Gasteiger partial charge in [-0.3, -0.25) is 9.78 Å². The minimum absolute atomic E-state index is 0.196. The number of hydrogen-bond acceptors (Lipinski definition) is 3. The number of carbonyl (C=O) groups excluding carboxylic acids is 1. The largest absolute Gasteiger partial charge is 0.385 e. The van der Waals surface area contributed by atoms with Crippen molar-refractivity contribution in [3.63, 3.8) is 0 Å². The molecule has 4 rings (SSSR count). The summed E-state index contributed by atoms with van der Waals surface area (Å²) in [5.74, 6) is 0.567. The highest BCUT2D eigenvalue weighted by Crippen LogP contribution is 2.29. The van der Waals surface area contributed by atoms with Crippen LogP contribution in [0.5, 0.6) is 0 Å². The van der Waals surface area contributed by atoms with Crippen LogP contribution in [0.1, 0.15) is 42.5 Å². The van der Waals surface area contributed by atoms with Crippen molar-refractivity contribution in [2.45, 2.75) is 32.1 Å². The van der Waals surface area contributed by atoms with E-state index in [1.807, 2.05) is 48.5 Å². The molecule has 0 radical (unpaired) electrons. The molecule has 1 saturated carbocycles. The van der Waals surface area contributed by atoms with Crippen molar-refractivity contribution in [1.29, 1.82) is 0 Å². The molecular formula is C23H24ClN3O. The van der Waals surface area contributed by atoms with E-state index in [0.717, 1.165) is 29.1 Å². The highest BCUT2D eigenvalue weighted by atomic mass is 35.5. The number of benzene rings is 2. The first kappa shape index (κ1) is 18.8. The number of pyridine rings is 1. The number of amides is 1. The lowest BCUT2D eigenvalue weighted by Crippen LogP contribution is -2.17. The number of halogens is 1. The molecule has 1 fully saturated rings. The van der Waals surface area contributed by atoms with Crippen LogP contribution in [0.15, 0.2) is 54.7 Å². The Hall–Kier alpha value is -2.59. The Kier molecular flexibility index (Phi) is 5.77. The summed E-state index contributed by atoms with van der Waals surface area (Å²) in [6, 6.07) is 15.2. The first-order valence-electron chi connectivity index (χ1n) is 9.89. The second-order valence-electron chi connectivity index (χ2n) is 7.42. The second kappa shape index (κ2) is 8.61. The molecule has 28 heavy (non-hydrogen) atoms. The number of fused-ring (bicyclic) bond motifs is 1. The quantitative estimate of drug-likeness (QED) is 0.548. The lowest BCUT2D eigenvalue weighted by atomic mass is 9.89. The second-order valence-corrected chi connectivity index (χ2v) is 7.80. The van der Waals surface area contributed by atoms with Gasteiger partial charge in [-0.05, 0) is 49.1 Å². The Morgan fingerprint density at radius 1 is 1.04 bits per heavy atom. The van der Waals surface area contributed by atoms with Gasteiger partial charge in [-0.25, -0.2) is 0 Å². The third-order valence-electron chi connectivity index (χ3n) is 5.42. The lowest BCUT2D eigenvalue weighted by molar-refractivity contribution is 0.102. The number of hydrogen-bond donors (Lipinski definition) is 2. The molecule has 144 valence electrons. The summed E-state index contributed by atoms with van der Waals surface area (Å²) in [4.78, 5) is 17.0. The number of para-hydroxylation sites is 1. The van der Waals surface area contributed by atoms with Gasteiger partial charge in [-0.2, -0.15) is 0 Å². The van der Waals surface area contributed by atoms with Crippen molar-refractivity contribution in [2.75, 3.05) is 17.2 Å². The standard InChI is InChI=1S/C23H24ClN3O/c24-22-19-8-4-5-9-20(19)26-15-21(22)27-23(28)17-10-12-18(13-11-17)25-14-16-6-2-1-3-7-16/h4-5,8-13,15-16,25H,1-3,6-7,14H2,(H,27,28). The van der Waals surface area contributed by atoms with E-state index in [0.29, 0.717) is 16.3 Å². The minimum atomic E-state index is -0.196. The molecule has 0 saturated heterocycles. The maximum atomic E-state index is 12.6. The molecule has 0 aliphatic heterocycles. The molecule has 0 atom stereocenters. The van der Waals surface area contributed by atoms with E-state index in [9.17, 15) is 4.79 Å². The Bertz CT molecular complexity index is 965. The summed E-state index contributed by atoms with van der Waals surface area (Å²) in [7, 11) is 0. The van der Waals surface area contributed by atoms with Crippen LogP contribution in [-0.4, -0.2) is 17.4 Å². The monoisotopic (exact) mass is 393 g/mol. The fourth-order valence-corrected chi connectivity index (χ4v) is 4.04. The Balaban J connectivity index is 1.40. The normalized spacial score (nSPS) is 14.8. The van der Waals surface area contributed by atoms with Gasteiger partial charge in [-0.1, -0.05) is 49.1 Å². The van der Waals surface area contributed by atoms with Crippen molar-refractivity contribution >= 4 is 39.8 Å². The molecule has 0 bridgehead atoms. The molecule has 1 aliphatic rings. The van der Waals surface area contributed by atoms with Gasteiger partial charge in [0.15, 0.2) is 0 Å². The maximum absolute atomic E-state index is 12.6. The molecular weight excluding hydrogens is 370 g/mol. The molecule has 1 aromatic heterocycles. The molecule has 3 aromatic rings. The number of rotatable bonds is 5. The highest BCUT2D eigenvalue weighted by molar-refractivity contribution is 6.38. The smallest absolute Gasteiger partial charge is 0.255 e. The molecule has 2 aromatic carbocycles. The first-order chi connectivity index (χ1) is 13.7. The van der Waals surface area contributed by atoms with Crippen molar-refractivity contribution in [3.8, 4) is 0 Å². The number of aromatic nitrogens is 1. The third kappa shape index (κ3) is 4.28. The Labute approximate surface area is 170 Å². The van der Waals surface area contributed by atoms with Gasteiger partial charge in [0.05, 0.1) is 22.4 Å². The molecule has 1 aliphatic carbocycles. The molecule has 0 unspecified atom stereocenters. The summed E-state index contributed by atoms with van der Waals surface area (Å²) in [6.45, 7) is 1.00. The van der Waals surface area contributed by atoms with Crippen LogP contribution in [0.25, 0.3) is 10.9 Å². The summed E-state index contributed by atoms with van der Waals surface area (Å²) < 4.78 is 0. The van der Waals surface area contributed by atoms with Crippen molar-refractivity contribution in [1.82, 2.24) is 4.98 Å². The van der Waals surface area contributed by atoms with Crippen LogP contribution in [0.3, 0.4) is 0 Å². The summed E-state index contributed by atoms with van der Waals surface area (Å²) in [5, 5.41) is 7.69. The van der Waals surface area contributed by atoms with Crippen LogP contribution in [-0.2, 0) is 0 Å². The highest BCUT2D eigenvalue weighted by Gasteiger charge is 2.14. The van der Waals surface area contributed by atoms with Crippen molar-refractivity contribution in [2.24, 2.45) is 5.92 Å². The van der Waals surface area contributed by atoms with Gasteiger partial charge in [-0.15, -0.1) is 0 Å². The molecule has 5 heteroatoms. The summed E-state index contributed by atoms with van der Waals surface area (Å²) in [6.07, 6.45) is 8.29. The number of anilines is 2. The Morgan fingerprint density at radius 3 is 2.57 bits per heavy atom. The molecule has 1 heterocycles. The van der Waals surface area contributed by atoms with E-state index < -0.39 is 0 Å². The molecule has 4 nitrogen and oxygen atoms in total. The van der Waals surface area contributed by atoms with Gasteiger partial charge in [0.1, 0.15) is 0 Å². The van der Waals surface area contributed by atoms with Gasteiger partial charge in [0.25, 0.3) is 5.91 Å². The minimum Gasteiger partial charge on any atom is -0.385 e. The topological polar surface area (TPSA) is 54.0 Å². The average molecular weight is 394 g/mol. The van der Waals surface area contributed by atoms with Crippen LogP contribution < -0.4 is 10.6 Å². The van der Waals surface area contributed by atoms with E-state index in [2.05, 4.69) is 15.6 Å².